The van der Waals surface area contributed by atoms with Gasteiger partial charge < -0.3 is 15.1 Å². The average Bonchev–Trinajstić information content (AvgIpc) is 2.81. The number of thioether (sulfide) groups is 1. The lowest BCUT2D eigenvalue weighted by molar-refractivity contribution is 0.197. The quantitative estimate of drug-likeness (QED) is 0.829. The molecule has 1 N–H and O–H groups in total. The Balaban J connectivity index is 1.73. The van der Waals surface area contributed by atoms with Gasteiger partial charge in [0, 0.05) is 26.2 Å². The molecule has 1 atom stereocenters. The molecule has 2 amide bonds. The van der Waals surface area contributed by atoms with Gasteiger partial charge in [-0.1, -0.05) is 6.92 Å². The highest BCUT2D eigenvalue weighted by Gasteiger charge is 2.35. The molecule has 7 heteroatoms. The number of nitrogens with zero attached hydrogens (tertiary/aromatic N) is 4. The number of hydrogen-bond donors (Lipinski definition) is 1. The van der Waals surface area contributed by atoms with Crippen molar-refractivity contribution in [3.05, 3.63) is 12.4 Å². The molecule has 2 saturated heterocycles. The zero-order valence-corrected chi connectivity index (χ0v) is 11.7. The number of anilines is 1. The van der Waals surface area contributed by atoms with E-state index in [4.69, 9.17) is 0 Å². The van der Waals surface area contributed by atoms with Gasteiger partial charge in [-0.25, -0.2) is 9.78 Å². The van der Waals surface area contributed by atoms with Gasteiger partial charge in [0.25, 0.3) is 0 Å². The summed E-state index contributed by atoms with van der Waals surface area (Å²) in [6.07, 6.45) is 3.61. The number of nitrogens with one attached hydrogen (secondary N) is 1. The van der Waals surface area contributed by atoms with Crippen molar-refractivity contribution in [1.29, 1.82) is 0 Å². The van der Waals surface area contributed by atoms with Crippen LogP contribution in [0, 0.1) is 0 Å². The van der Waals surface area contributed by atoms with Crippen LogP contribution in [0.5, 0.6) is 0 Å². The molecule has 0 spiro atoms. The van der Waals surface area contributed by atoms with Gasteiger partial charge >= 0.3 is 6.03 Å². The topological polar surface area (TPSA) is 61.4 Å². The van der Waals surface area contributed by atoms with Crippen molar-refractivity contribution in [2.24, 2.45) is 0 Å². The van der Waals surface area contributed by atoms with Gasteiger partial charge in [0.1, 0.15) is 10.8 Å². The van der Waals surface area contributed by atoms with E-state index in [0.717, 1.165) is 42.8 Å². The summed E-state index contributed by atoms with van der Waals surface area (Å²) < 4.78 is 0. The number of urea groups is 1. The maximum atomic E-state index is 11.6. The van der Waals surface area contributed by atoms with Crippen molar-refractivity contribution in [3.63, 3.8) is 0 Å². The molecule has 0 saturated carbocycles. The van der Waals surface area contributed by atoms with Crippen molar-refractivity contribution >= 4 is 23.6 Å². The van der Waals surface area contributed by atoms with E-state index in [1.807, 2.05) is 4.90 Å². The van der Waals surface area contributed by atoms with Crippen molar-refractivity contribution in [3.8, 4) is 0 Å². The molecule has 1 aromatic rings. The van der Waals surface area contributed by atoms with Gasteiger partial charge in [-0.05, 0) is 5.75 Å². The van der Waals surface area contributed by atoms with Crippen LogP contribution < -0.4 is 10.2 Å². The van der Waals surface area contributed by atoms with Gasteiger partial charge in [-0.15, -0.1) is 11.8 Å². The summed E-state index contributed by atoms with van der Waals surface area (Å²) >= 11 is 1.70. The van der Waals surface area contributed by atoms with Gasteiger partial charge in [-0.2, -0.15) is 0 Å². The molecule has 0 bridgehead atoms. The van der Waals surface area contributed by atoms with Crippen molar-refractivity contribution in [2.75, 3.05) is 36.8 Å². The van der Waals surface area contributed by atoms with E-state index < -0.39 is 0 Å². The molecule has 2 fully saturated rings. The van der Waals surface area contributed by atoms with Crippen molar-refractivity contribution in [2.45, 2.75) is 18.0 Å². The van der Waals surface area contributed by atoms with E-state index in [-0.39, 0.29) is 12.1 Å². The molecule has 0 unspecified atom stereocenters. The highest BCUT2D eigenvalue weighted by Crippen LogP contribution is 2.21. The summed E-state index contributed by atoms with van der Waals surface area (Å²) in [5.41, 5.74) is 0. The third-order valence-electron chi connectivity index (χ3n) is 3.45. The van der Waals surface area contributed by atoms with Crippen LogP contribution in [0.2, 0.25) is 0 Å². The number of carbonyl (C=O) groups is 1. The van der Waals surface area contributed by atoms with Gasteiger partial charge in [-0.3, -0.25) is 4.98 Å². The summed E-state index contributed by atoms with van der Waals surface area (Å²) in [7, 11) is 0. The lowest BCUT2D eigenvalue weighted by Gasteiger charge is -2.36. The molecule has 19 heavy (non-hydrogen) atoms. The van der Waals surface area contributed by atoms with E-state index in [9.17, 15) is 4.79 Å². The minimum Gasteiger partial charge on any atom is -0.351 e. The fourth-order valence-electron chi connectivity index (χ4n) is 2.52. The SMILES string of the molecule is CCSc1cncc(N2CCN3C(=O)NC[C@H]3C2)n1. The monoisotopic (exact) mass is 279 g/mol. The zero-order chi connectivity index (χ0) is 13.2. The van der Waals surface area contributed by atoms with E-state index in [2.05, 4.69) is 27.1 Å². The number of amides is 2. The molecule has 0 aromatic carbocycles. The Morgan fingerprint density at radius 1 is 1.47 bits per heavy atom. The Hall–Kier alpha value is -1.50. The smallest absolute Gasteiger partial charge is 0.317 e. The van der Waals surface area contributed by atoms with Crippen LogP contribution in [-0.2, 0) is 0 Å². The highest BCUT2D eigenvalue weighted by molar-refractivity contribution is 7.99. The first-order valence-corrected chi connectivity index (χ1v) is 7.50. The Kier molecular flexibility index (Phi) is 3.46. The summed E-state index contributed by atoms with van der Waals surface area (Å²) in [5, 5.41) is 3.85. The number of carbonyl (C=O) groups excluding carboxylic acids is 1. The lowest BCUT2D eigenvalue weighted by atomic mass is 10.2. The molecule has 2 aliphatic heterocycles. The molecule has 0 aliphatic carbocycles. The van der Waals surface area contributed by atoms with Gasteiger partial charge in [0.05, 0.1) is 18.4 Å². The Labute approximate surface area is 116 Å². The van der Waals surface area contributed by atoms with Crippen LogP contribution in [-0.4, -0.2) is 58.9 Å². The first-order chi connectivity index (χ1) is 9.28. The largest absolute Gasteiger partial charge is 0.351 e. The molecule has 2 aliphatic rings. The first-order valence-electron chi connectivity index (χ1n) is 6.52. The molecule has 3 heterocycles. The van der Waals surface area contributed by atoms with Crippen LogP contribution in [0.1, 0.15) is 6.92 Å². The molecule has 3 rings (SSSR count). The fraction of sp³-hybridized carbons (Fsp3) is 0.583. The predicted molar refractivity (Wildman–Crippen MR) is 74.5 cm³/mol. The molecule has 0 radical (unpaired) electrons. The summed E-state index contributed by atoms with van der Waals surface area (Å²) in [5.74, 6) is 1.91. The highest BCUT2D eigenvalue weighted by atomic mass is 32.2. The normalized spacial score (nSPS) is 22.4. The van der Waals surface area contributed by atoms with Crippen LogP contribution in [0.25, 0.3) is 0 Å². The molecule has 1 aromatic heterocycles. The third-order valence-corrected chi connectivity index (χ3v) is 4.23. The summed E-state index contributed by atoms with van der Waals surface area (Å²) in [4.78, 5) is 24.6. The minimum atomic E-state index is 0.0611. The molecular weight excluding hydrogens is 262 g/mol. The maximum Gasteiger partial charge on any atom is 0.317 e. The number of rotatable bonds is 3. The number of aromatic nitrogens is 2. The summed E-state index contributed by atoms with van der Waals surface area (Å²) in [6, 6.07) is 0.316. The Morgan fingerprint density at radius 2 is 2.37 bits per heavy atom. The maximum absolute atomic E-state index is 11.6. The van der Waals surface area contributed by atoms with Crippen molar-refractivity contribution in [1.82, 2.24) is 20.2 Å². The standard InChI is InChI=1S/C12H17N5OS/c1-2-19-11-7-13-6-10(15-11)16-3-4-17-9(8-16)5-14-12(17)18/h6-7,9H,2-5,8H2,1H3,(H,14,18)/t9-/m0/s1. The third kappa shape index (κ3) is 2.47. The zero-order valence-electron chi connectivity index (χ0n) is 10.9. The molecule has 6 nitrogen and oxygen atoms in total. The van der Waals surface area contributed by atoms with Crippen LogP contribution in [0.4, 0.5) is 10.6 Å². The summed E-state index contributed by atoms with van der Waals surface area (Å²) in [6.45, 7) is 5.23. The van der Waals surface area contributed by atoms with Crippen LogP contribution in [0.3, 0.4) is 0 Å². The number of fused-ring (bicyclic) bond motifs is 1. The Bertz CT molecular complexity index is 483. The van der Waals surface area contributed by atoms with E-state index in [1.54, 1.807) is 24.2 Å². The number of piperazine rings is 1. The fourth-order valence-corrected chi connectivity index (χ4v) is 3.11. The van der Waals surface area contributed by atoms with Gasteiger partial charge in [0.15, 0.2) is 0 Å². The number of hydrogen-bond acceptors (Lipinski definition) is 5. The van der Waals surface area contributed by atoms with Crippen LogP contribution in [0.15, 0.2) is 17.4 Å². The second kappa shape index (κ2) is 5.24. The van der Waals surface area contributed by atoms with Crippen LogP contribution >= 0.6 is 11.8 Å². The van der Waals surface area contributed by atoms with E-state index in [1.165, 1.54) is 0 Å². The molecule has 102 valence electrons. The predicted octanol–water partition coefficient (Wildman–Crippen LogP) is 0.802. The van der Waals surface area contributed by atoms with E-state index >= 15 is 0 Å². The second-order valence-electron chi connectivity index (χ2n) is 4.63. The average molecular weight is 279 g/mol. The van der Waals surface area contributed by atoms with E-state index in [0.29, 0.717) is 0 Å². The lowest BCUT2D eigenvalue weighted by Crippen LogP contribution is -2.52. The van der Waals surface area contributed by atoms with Crippen molar-refractivity contribution < 1.29 is 4.79 Å². The minimum absolute atomic E-state index is 0.0611. The molecular formula is C12H17N5OS. The van der Waals surface area contributed by atoms with Gasteiger partial charge in [0.2, 0.25) is 0 Å². The Morgan fingerprint density at radius 3 is 3.21 bits per heavy atom. The first kappa shape index (κ1) is 12.5. The second-order valence-corrected chi connectivity index (χ2v) is 5.91.